The fraction of sp³-hybridized carbons (Fsp3) is 0.250. The smallest absolute Gasteiger partial charge is 0.191 e. The van der Waals surface area contributed by atoms with Crippen LogP contribution in [-0.2, 0) is 0 Å². The third-order valence-corrected chi connectivity index (χ3v) is 1.95. The van der Waals surface area contributed by atoms with Crippen molar-refractivity contribution in [2.75, 3.05) is 21.2 Å². The molecular weight excluding hydrogens is 209 g/mol. The summed E-state index contributed by atoms with van der Waals surface area (Å²) in [6, 6.07) is 3.84. The van der Waals surface area contributed by atoms with Gasteiger partial charge in [-0.3, -0.25) is 4.79 Å². The Morgan fingerprint density at radius 1 is 1.44 bits per heavy atom. The lowest BCUT2D eigenvalue weighted by atomic mass is 10.1. The van der Waals surface area contributed by atoms with Gasteiger partial charge in [-0.15, -0.1) is 0 Å². The molecule has 3 nitrogen and oxygen atoms in total. The number of ether oxygens (including phenoxy) is 1. The number of halogens is 1. The Morgan fingerprint density at radius 3 is 2.69 bits per heavy atom. The molecule has 86 valence electrons. The van der Waals surface area contributed by atoms with Crippen LogP contribution in [0.5, 0.6) is 5.75 Å². The van der Waals surface area contributed by atoms with E-state index >= 15 is 0 Å². The average molecular weight is 223 g/mol. The van der Waals surface area contributed by atoms with E-state index in [4.69, 9.17) is 4.74 Å². The second-order valence-corrected chi connectivity index (χ2v) is 3.49. The molecule has 4 heteroatoms. The number of hydrogen-bond donors (Lipinski definition) is 0. The highest BCUT2D eigenvalue weighted by molar-refractivity contribution is 6.06. The summed E-state index contributed by atoms with van der Waals surface area (Å²) < 4.78 is 17.8. The highest BCUT2D eigenvalue weighted by Crippen LogP contribution is 2.20. The van der Waals surface area contributed by atoms with Gasteiger partial charge in [-0.2, -0.15) is 0 Å². The lowest BCUT2D eigenvalue weighted by Gasteiger charge is -2.06. The lowest BCUT2D eigenvalue weighted by Crippen LogP contribution is -2.04. The molecule has 16 heavy (non-hydrogen) atoms. The number of hydrogen-bond acceptors (Lipinski definition) is 3. The standard InChI is InChI=1S/C12H14FNO2/c1-14(2)7-6-11(15)10-5-4-9(13)8-12(10)16-3/h4-8H,1-3H3. The van der Waals surface area contributed by atoms with Gasteiger partial charge in [-0.05, 0) is 12.1 Å². The Morgan fingerprint density at radius 2 is 2.12 bits per heavy atom. The molecular formula is C12H14FNO2. The van der Waals surface area contributed by atoms with Crippen LogP contribution in [0.1, 0.15) is 10.4 Å². The molecule has 0 aliphatic heterocycles. The Hall–Kier alpha value is -1.84. The largest absolute Gasteiger partial charge is 0.496 e. The summed E-state index contributed by atoms with van der Waals surface area (Å²) in [7, 11) is 5.03. The lowest BCUT2D eigenvalue weighted by molar-refractivity contribution is 0.104. The number of allylic oxidation sites excluding steroid dienone is 1. The minimum Gasteiger partial charge on any atom is -0.496 e. The van der Waals surface area contributed by atoms with E-state index in [9.17, 15) is 9.18 Å². The second-order valence-electron chi connectivity index (χ2n) is 3.49. The number of benzene rings is 1. The Bertz CT molecular complexity index is 413. The van der Waals surface area contributed by atoms with E-state index in [0.29, 0.717) is 5.56 Å². The van der Waals surface area contributed by atoms with Crippen LogP contribution < -0.4 is 4.74 Å². The fourth-order valence-electron chi connectivity index (χ4n) is 1.18. The maximum Gasteiger partial charge on any atom is 0.191 e. The normalized spacial score (nSPS) is 10.5. The van der Waals surface area contributed by atoms with Crippen molar-refractivity contribution < 1.29 is 13.9 Å². The molecule has 0 fully saturated rings. The molecule has 1 rings (SSSR count). The first-order valence-corrected chi connectivity index (χ1v) is 4.77. The van der Waals surface area contributed by atoms with Crippen molar-refractivity contribution in [1.82, 2.24) is 4.90 Å². The topological polar surface area (TPSA) is 29.5 Å². The molecule has 0 atom stereocenters. The molecule has 0 aliphatic rings. The highest BCUT2D eigenvalue weighted by Gasteiger charge is 2.10. The van der Waals surface area contributed by atoms with Crippen LogP contribution in [-0.4, -0.2) is 31.9 Å². The number of rotatable bonds is 4. The summed E-state index contributed by atoms with van der Waals surface area (Å²) in [5.41, 5.74) is 0.349. The number of carbonyl (C=O) groups excluding carboxylic acids is 1. The Kier molecular flexibility index (Phi) is 4.05. The molecule has 0 spiro atoms. The van der Waals surface area contributed by atoms with Gasteiger partial charge in [0, 0.05) is 32.4 Å². The van der Waals surface area contributed by atoms with Crippen LogP contribution in [0.25, 0.3) is 0 Å². The molecule has 0 unspecified atom stereocenters. The highest BCUT2D eigenvalue weighted by atomic mass is 19.1. The van der Waals surface area contributed by atoms with Crippen LogP contribution in [0.2, 0.25) is 0 Å². The molecule has 1 aromatic carbocycles. The van der Waals surface area contributed by atoms with Crippen molar-refractivity contribution in [2.45, 2.75) is 0 Å². The quantitative estimate of drug-likeness (QED) is 0.578. The zero-order chi connectivity index (χ0) is 12.1. The summed E-state index contributed by atoms with van der Waals surface area (Å²) in [4.78, 5) is 13.5. The second kappa shape index (κ2) is 5.30. The molecule has 1 aromatic rings. The van der Waals surface area contributed by atoms with Crippen molar-refractivity contribution in [2.24, 2.45) is 0 Å². The maximum atomic E-state index is 12.9. The predicted molar refractivity (Wildman–Crippen MR) is 60.1 cm³/mol. The van der Waals surface area contributed by atoms with Gasteiger partial charge >= 0.3 is 0 Å². The third-order valence-electron chi connectivity index (χ3n) is 1.95. The van der Waals surface area contributed by atoms with E-state index in [1.54, 1.807) is 11.1 Å². The summed E-state index contributed by atoms with van der Waals surface area (Å²) in [6.45, 7) is 0. The van der Waals surface area contributed by atoms with Gasteiger partial charge < -0.3 is 9.64 Å². The first kappa shape index (κ1) is 12.2. The van der Waals surface area contributed by atoms with Crippen molar-refractivity contribution in [3.05, 3.63) is 41.9 Å². The summed E-state index contributed by atoms with van der Waals surface area (Å²) in [6.07, 6.45) is 3.04. The van der Waals surface area contributed by atoms with Crippen molar-refractivity contribution in [3.63, 3.8) is 0 Å². The molecule has 0 N–H and O–H groups in total. The summed E-state index contributed by atoms with van der Waals surface area (Å²) in [5.74, 6) is -0.399. The molecule has 0 aromatic heterocycles. The van der Waals surface area contributed by atoms with Crippen LogP contribution in [0.15, 0.2) is 30.5 Å². The Balaban J connectivity index is 2.99. The van der Waals surface area contributed by atoms with E-state index in [1.165, 1.54) is 31.4 Å². The van der Waals surface area contributed by atoms with Crippen LogP contribution in [0.4, 0.5) is 4.39 Å². The molecule has 0 amide bonds. The molecule has 0 bridgehead atoms. The molecule has 0 saturated heterocycles. The van der Waals surface area contributed by atoms with Crippen molar-refractivity contribution in [3.8, 4) is 5.75 Å². The monoisotopic (exact) mass is 223 g/mol. The zero-order valence-electron chi connectivity index (χ0n) is 9.53. The minimum absolute atomic E-state index is 0.217. The van der Waals surface area contributed by atoms with E-state index < -0.39 is 5.82 Å². The molecule has 0 aliphatic carbocycles. The van der Waals surface area contributed by atoms with Gasteiger partial charge in [0.2, 0.25) is 0 Å². The predicted octanol–water partition coefficient (Wildman–Crippen LogP) is 2.09. The third kappa shape index (κ3) is 3.08. The number of ketones is 1. The molecule has 0 saturated carbocycles. The van der Waals surface area contributed by atoms with Gasteiger partial charge in [0.25, 0.3) is 0 Å². The van der Waals surface area contributed by atoms with Crippen molar-refractivity contribution >= 4 is 5.78 Å². The van der Waals surface area contributed by atoms with Crippen LogP contribution >= 0.6 is 0 Å². The van der Waals surface area contributed by atoms with Gasteiger partial charge in [-0.25, -0.2) is 4.39 Å². The van der Waals surface area contributed by atoms with E-state index in [2.05, 4.69) is 0 Å². The number of methoxy groups -OCH3 is 1. The SMILES string of the molecule is COc1cc(F)ccc1C(=O)C=CN(C)C. The minimum atomic E-state index is -0.426. The molecule has 0 heterocycles. The average Bonchev–Trinajstić information content (AvgIpc) is 2.25. The Labute approximate surface area is 94.1 Å². The van der Waals surface area contributed by atoms with E-state index in [-0.39, 0.29) is 11.5 Å². The van der Waals surface area contributed by atoms with Crippen molar-refractivity contribution in [1.29, 1.82) is 0 Å². The van der Waals surface area contributed by atoms with E-state index in [1.807, 2.05) is 14.1 Å². The fourth-order valence-corrected chi connectivity index (χ4v) is 1.18. The van der Waals surface area contributed by atoms with Gasteiger partial charge in [0.1, 0.15) is 11.6 Å². The van der Waals surface area contributed by atoms with Crippen LogP contribution in [0.3, 0.4) is 0 Å². The van der Waals surface area contributed by atoms with Crippen LogP contribution in [0, 0.1) is 5.82 Å². The number of nitrogens with zero attached hydrogens (tertiary/aromatic N) is 1. The van der Waals surface area contributed by atoms with E-state index in [0.717, 1.165) is 0 Å². The maximum absolute atomic E-state index is 12.9. The van der Waals surface area contributed by atoms with Gasteiger partial charge in [-0.1, -0.05) is 0 Å². The summed E-state index contributed by atoms with van der Waals surface area (Å²) in [5, 5.41) is 0. The van der Waals surface area contributed by atoms with Gasteiger partial charge in [0.05, 0.1) is 12.7 Å². The molecule has 0 radical (unpaired) electrons. The zero-order valence-corrected chi connectivity index (χ0v) is 9.53. The first-order chi connectivity index (χ1) is 7.54. The first-order valence-electron chi connectivity index (χ1n) is 4.77. The summed E-state index contributed by atoms with van der Waals surface area (Å²) >= 11 is 0. The number of carbonyl (C=O) groups is 1. The van der Waals surface area contributed by atoms with Gasteiger partial charge in [0.15, 0.2) is 5.78 Å².